The molecule has 0 unspecified atom stereocenters. The van der Waals surface area contributed by atoms with Crippen molar-refractivity contribution in [1.82, 2.24) is 16.2 Å². The maximum atomic E-state index is 12.5. The quantitative estimate of drug-likeness (QED) is 0.594. The Kier molecular flexibility index (Phi) is 8.32. The molecule has 1 aliphatic heterocycles. The highest BCUT2D eigenvalue weighted by atomic mass is 32.2. The number of amides is 4. The van der Waals surface area contributed by atoms with E-state index in [0.29, 0.717) is 6.54 Å². The highest BCUT2D eigenvalue weighted by Crippen LogP contribution is 2.27. The zero-order chi connectivity index (χ0) is 23.2. The van der Waals surface area contributed by atoms with Gasteiger partial charge in [-0.05, 0) is 44.7 Å². The molecule has 0 bridgehead atoms. The van der Waals surface area contributed by atoms with Gasteiger partial charge in [-0.1, -0.05) is 43.8 Å². The molecular formula is C21H30N4O5S. The van der Waals surface area contributed by atoms with E-state index >= 15 is 0 Å². The molecule has 0 spiro atoms. The lowest BCUT2D eigenvalue weighted by Crippen LogP contribution is -2.54. The first-order chi connectivity index (χ1) is 14.5. The molecule has 1 aromatic carbocycles. The first-order valence-corrected chi connectivity index (χ1v) is 11.1. The molecule has 2 rings (SSSR count). The number of ether oxygens (including phenoxy) is 1. The van der Waals surface area contributed by atoms with Crippen LogP contribution in [0.1, 0.15) is 40.2 Å². The second-order valence-electron chi connectivity index (χ2n) is 8.48. The van der Waals surface area contributed by atoms with Crippen LogP contribution in [0.2, 0.25) is 0 Å². The van der Waals surface area contributed by atoms with Gasteiger partial charge in [0.2, 0.25) is 5.91 Å². The van der Waals surface area contributed by atoms with Crippen LogP contribution < -0.4 is 21.1 Å². The average Bonchev–Trinajstić information content (AvgIpc) is 3.11. The number of benzene rings is 1. The zero-order valence-electron chi connectivity index (χ0n) is 18.5. The Morgan fingerprint density at radius 2 is 1.81 bits per heavy atom. The fourth-order valence-corrected chi connectivity index (χ4v) is 3.53. The van der Waals surface area contributed by atoms with Crippen LogP contribution in [0.4, 0.5) is 15.3 Å². The fourth-order valence-electron chi connectivity index (χ4n) is 3.00. The standard InChI is InChI=1S/C21H30N4O5S/c1-13(2)17(22-19(28)30-21(3,4)5)18(27)23-24-20(29)31-12-16(26)25-11-10-14-8-6-7-9-15(14)25/h6-9,13,17H,10-12H2,1-5H3,(H,22,28)(H,23,27)(H,24,29)/t17-/m0/s1. The van der Waals surface area contributed by atoms with Gasteiger partial charge in [-0.15, -0.1) is 0 Å². The number of hydrazine groups is 1. The molecule has 0 radical (unpaired) electrons. The van der Waals surface area contributed by atoms with Gasteiger partial charge < -0.3 is 15.0 Å². The summed E-state index contributed by atoms with van der Waals surface area (Å²) in [5.74, 6) is -1.06. The van der Waals surface area contributed by atoms with Crippen LogP contribution in [0, 0.1) is 5.92 Å². The summed E-state index contributed by atoms with van der Waals surface area (Å²) in [6, 6.07) is 6.77. The van der Waals surface area contributed by atoms with Crippen LogP contribution in [0.15, 0.2) is 24.3 Å². The average molecular weight is 451 g/mol. The molecule has 0 saturated heterocycles. The molecule has 0 aromatic heterocycles. The van der Waals surface area contributed by atoms with Crippen molar-refractivity contribution in [3.05, 3.63) is 29.8 Å². The monoisotopic (exact) mass is 450 g/mol. The van der Waals surface area contributed by atoms with Crippen molar-refractivity contribution in [1.29, 1.82) is 0 Å². The lowest BCUT2D eigenvalue weighted by molar-refractivity contribution is -0.124. The molecule has 0 fully saturated rings. The van der Waals surface area contributed by atoms with Crippen molar-refractivity contribution in [2.45, 2.75) is 52.7 Å². The predicted octanol–water partition coefficient (Wildman–Crippen LogP) is 2.60. The van der Waals surface area contributed by atoms with Crippen molar-refractivity contribution in [2.75, 3.05) is 17.2 Å². The molecule has 0 aliphatic carbocycles. The molecule has 3 N–H and O–H groups in total. The van der Waals surface area contributed by atoms with Crippen LogP contribution in [0.5, 0.6) is 0 Å². The van der Waals surface area contributed by atoms with E-state index in [-0.39, 0.29) is 17.6 Å². The molecular weight excluding hydrogens is 420 g/mol. The number of nitrogens with one attached hydrogen (secondary N) is 3. The summed E-state index contributed by atoms with van der Waals surface area (Å²) >= 11 is 0.762. The highest BCUT2D eigenvalue weighted by molar-refractivity contribution is 8.14. The van der Waals surface area contributed by atoms with Gasteiger partial charge in [0, 0.05) is 12.2 Å². The van der Waals surface area contributed by atoms with E-state index in [0.717, 1.165) is 29.4 Å². The minimum absolute atomic E-state index is 0.0557. The number of anilines is 1. The third-order valence-corrected chi connectivity index (χ3v) is 5.18. The fraction of sp³-hybridized carbons (Fsp3) is 0.524. The van der Waals surface area contributed by atoms with Crippen molar-refractivity contribution in [2.24, 2.45) is 5.92 Å². The van der Waals surface area contributed by atoms with E-state index < -0.39 is 28.9 Å². The summed E-state index contributed by atoms with van der Waals surface area (Å²) in [6.07, 6.45) is 0.0642. The third-order valence-electron chi connectivity index (χ3n) is 4.42. The van der Waals surface area contributed by atoms with Gasteiger partial charge in [0.1, 0.15) is 11.6 Å². The molecule has 170 valence electrons. The van der Waals surface area contributed by atoms with E-state index in [4.69, 9.17) is 4.74 Å². The smallest absolute Gasteiger partial charge is 0.408 e. The lowest BCUT2D eigenvalue weighted by atomic mass is 10.0. The number of alkyl carbamates (subject to hydrolysis) is 1. The minimum Gasteiger partial charge on any atom is -0.444 e. The molecule has 1 atom stereocenters. The summed E-state index contributed by atoms with van der Waals surface area (Å²) in [5, 5.41) is 1.93. The summed E-state index contributed by atoms with van der Waals surface area (Å²) in [4.78, 5) is 50.5. The Balaban J connectivity index is 1.79. The van der Waals surface area contributed by atoms with Crippen molar-refractivity contribution < 1.29 is 23.9 Å². The predicted molar refractivity (Wildman–Crippen MR) is 120 cm³/mol. The van der Waals surface area contributed by atoms with Crippen molar-refractivity contribution in [3.8, 4) is 0 Å². The Labute approximate surface area is 186 Å². The normalized spacial score (nSPS) is 13.9. The van der Waals surface area contributed by atoms with E-state index in [1.54, 1.807) is 39.5 Å². The van der Waals surface area contributed by atoms with E-state index in [1.807, 2.05) is 24.3 Å². The number of nitrogens with zero attached hydrogens (tertiary/aromatic N) is 1. The van der Waals surface area contributed by atoms with Gasteiger partial charge in [-0.2, -0.15) is 0 Å². The maximum Gasteiger partial charge on any atom is 0.408 e. The molecule has 4 amide bonds. The van der Waals surface area contributed by atoms with E-state index in [2.05, 4.69) is 16.2 Å². The van der Waals surface area contributed by atoms with Gasteiger partial charge in [-0.25, -0.2) is 4.79 Å². The number of carbonyl (C=O) groups excluding carboxylic acids is 4. The number of hydrogen-bond acceptors (Lipinski definition) is 6. The number of thioether (sulfide) groups is 1. The third kappa shape index (κ3) is 7.46. The second kappa shape index (κ2) is 10.5. The van der Waals surface area contributed by atoms with Gasteiger partial charge in [0.05, 0.1) is 5.75 Å². The Morgan fingerprint density at radius 1 is 1.13 bits per heavy atom. The number of carbonyl (C=O) groups is 4. The molecule has 1 aromatic rings. The molecule has 1 aliphatic rings. The van der Waals surface area contributed by atoms with Gasteiger partial charge >= 0.3 is 6.09 Å². The minimum atomic E-state index is -0.900. The first-order valence-electron chi connectivity index (χ1n) is 10.1. The first kappa shape index (κ1) is 24.5. The molecule has 0 saturated carbocycles. The summed E-state index contributed by atoms with van der Waals surface area (Å²) in [6.45, 7) is 9.25. The largest absolute Gasteiger partial charge is 0.444 e. The Bertz CT molecular complexity index is 837. The zero-order valence-corrected chi connectivity index (χ0v) is 19.3. The number of para-hydroxylation sites is 1. The van der Waals surface area contributed by atoms with Crippen LogP contribution in [0.3, 0.4) is 0 Å². The van der Waals surface area contributed by atoms with Crippen LogP contribution in [0.25, 0.3) is 0 Å². The molecule has 1 heterocycles. The van der Waals surface area contributed by atoms with Crippen LogP contribution >= 0.6 is 11.8 Å². The van der Waals surface area contributed by atoms with Gasteiger partial charge in [0.15, 0.2) is 0 Å². The van der Waals surface area contributed by atoms with Crippen LogP contribution in [-0.4, -0.2) is 47.1 Å². The lowest BCUT2D eigenvalue weighted by Gasteiger charge is -2.25. The molecule has 9 nitrogen and oxygen atoms in total. The van der Waals surface area contributed by atoms with Gasteiger partial charge in [-0.3, -0.25) is 25.2 Å². The number of hydrogen-bond donors (Lipinski definition) is 3. The summed E-state index contributed by atoms with van der Waals surface area (Å²) < 4.78 is 5.17. The summed E-state index contributed by atoms with van der Waals surface area (Å²) in [5.41, 5.74) is 5.83. The van der Waals surface area contributed by atoms with Crippen molar-refractivity contribution >= 4 is 40.6 Å². The van der Waals surface area contributed by atoms with E-state index in [1.165, 1.54) is 0 Å². The Morgan fingerprint density at radius 3 is 2.45 bits per heavy atom. The number of fused-ring (bicyclic) bond motifs is 1. The SMILES string of the molecule is CC(C)[C@H](NC(=O)OC(C)(C)C)C(=O)NNC(=O)SCC(=O)N1CCc2ccccc21. The van der Waals surface area contributed by atoms with Crippen LogP contribution in [-0.2, 0) is 20.7 Å². The number of rotatable bonds is 5. The van der Waals surface area contributed by atoms with E-state index in [9.17, 15) is 19.2 Å². The second-order valence-corrected chi connectivity index (χ2v) is 9.43. The Hall–Kier alpha value is -2.75. The highest BCUT2D eigenvalue weighted by Gasteiger charge is 2.28. The molecule has 10 heteroatoms. The maximum absolute atomic E-state index is 12.5. The molecule has 31 heavy (non-hydrogen) atoms. The van der Waals surface area contributed by atoms with Crippen molar-refractivity contribution in [3.63, 3.8) is 0 Å². The topological polar surface area (TPSA) is 117 Å². The summed E-state index contributed by atoms with van der Waals surface area (Å²) in [7, 11) is 0. The van der Waals surface area contributed by atoms with Gasteiger partial charge in [0.25, 0.3) is 11.1 Å².